The molecule has 2 aliphatic carbocycles. The number of rotatable bonds is 7. The number of likely N-dealkylation sites (tertiary alicyclic amines) is 1. The standard InChI is InChI=1S/C21H31FN4O5S/c1-12(2)32(29,30)25-17-6-13(3)26(20(27)28)18(17)11-31-16-4-5-21(8-14(21)7-16)19-23-9-15(22)10-24-19/h9-10,12-14,16-18,25H,4-8,11H2,1-3H3,(H,27,28)/t13-,14-,16+,17+,18+,21-/m1/s1. The van der Waals surface area contributed by atoms with Crippen molar-refractivity contribution in [1.82, 2.24) is 19.6 Å². The number of nitrogens with one attached hydrogen (secondary N) is 1. The molecule has 0 aromatic carbocycles. The van der Waals surface area contributed by atoms with Crippen molar-refractivity contribution in [3.8, 4) is 0 Å². The molecule has 6 atom stereocenters. The average molecular weight is 471 g/mol. The largest absolute Gasteiger partial charge is 0.465 e. The Morgan fingerprint density at radius 1 is 1.38 bits per heavy atom. The zero-order chi connectivity index (χ0) is 23.3. The first-order valence-corrected chi connectivity index (χ1v) is 12.7. The van der Waals surface area contributed by atoms with Crippen LogP contribution in [0.2, 0.25) is 0 Å². The van der Waals surface area contributed by atoms with Crippen molar-refractivity contribution in [3.63, 3.8) is 0 Å². The smallest absolute Gasteiger partial charge is 0.407 e. The topological polar surface area (TPSA) is 122 Å². The number of hydrogen-bond donors (Lipinski definition) is 2. The van der Waals surface area contributed by atoms with E-state index >= 15 is 0 Å². The van der Waals surface area contributed by atoms with Crippen LogP contribution < -0.4 is 4.72 Å². The lowest BCUT2D eigenvalue weighted by molar-refractivity contribution is -0.00876. The highest BCUT2D eigenvalue weighted by Crippen LogP contribution is 2.61. The molecule has 11 heteroatoms. The molecule has 0 unspecified atom stereocenters. The Labute approximate surface area is 187 Å². The maximum atomic E-state index is 13.2. The molecular formula is C21H31FN4O5S. The molecule has 32 heavy (non-hydrogen) atoms. The first-order chi connectivity index (χ1) is 15.0. The van der Waals surface area contributed by atoms with Crippen LogP contribution in [0.3, 0.4) is 0 Å². The summed E-state index contributed by atoms with van der Waals surface area (Å²) in [6.07, 6.45) is 5.06. The summed E-state index contributed by atoms with van der Waals surface area (Å²) in [4.78, 5) is 21.5. The molecule has 9 nitrogen and oxygen atoms in total. The summed E-state index contributed by atoms with van der Waals surface area (Å²) >= 11 is 0. The first-order valence-electron chi connectivity index (χ1n) is 11.2. The van der Waals surface area contributed by atoms with Gasteiger partial charge in [0.1, 0.15) is 5.82 Å². The van der Waals surface area contributed by atoms with Gasteiger partial charge in [-0.1, -0.05) is 0 Å². The summed E-state index contributed by atoms with van der Waals surface area (Å²) in [7, 11) is -3.54. The second-order valence-electron chi connectivity index (χ2n) is 9.67. The number of amides is 1. The zero-order valence-corrected chi connectivity index (χ0v) is 19.4. The van der Waals surface area contributed by atoms with E-state index in [1.165, 1.54) is 17.3 Å². The molecule has 178 valence electrons. The number of carbonyl (C=O) groups is 1. The molecular weight excluding hydrogens is 439 g/mol. The SMILES string of the molecule is CC(C)S(=O)(=O)N[C@H]1C[C@@H](C)N(C(=O)O)[C@H]1CO[C@H]1CC[C@@]2(c3ncc(F)cn3)C[C@H]2C1. The molecule has 0 radical (unpaired) electrons. The van der Waals surface area contributed by atoms with E-state index in [9.17, 15) is 22.7 Å². The normalized spacial score (nSPS) is 34.5. The lowest BCUT2D eigenvalue weighted by Gasteiger charge is -2.32. The number of sulfonamides is 1. The van der Waals surface area contributed by atoms with Gasteiger partial charge in [-0.3, -0.25) is 4.90 Å². The number of hydrogen-bond acceptors (Lipinski definition) is 6. The molecule has 1 aromatic heterocycles. The van der Waals surface area contributed by atoms with Crippen molar-refractivity contribution in [2.24, 2.45) is 5.92 Å². The maximum Gasteiger partial charge on any atom is 0.407 e. The van der Waals surface area contributed by atoms with Crippen LogP contribution in [-0.4, -0.2) is 70.6 Å². The van der Waals surface area contributed by atoms with Crippen LogP contribution in [0.15, 0.2) is 12.4 Å². The predicted molar refractivity (Wildman–Crippen MR) is 114 cm³/mol. The van der Waals surface area contributed by atoms with E-state index in [1.807, 2.05) is 0 Å². The van der Waals surface area contributed by atoms with E-state index in [-0.39, 0.29) is 24.2 Å². The quantitative estimate of drug-likeness (QED) is 0.627. The fourth-order valence-electron chi connectivity index (χ4n) is 5.35. The van der Waals surface area contributed by atoms with Crippen molar-refractivity contribution in [2.45, 2.75) is 87.8 Å². The summed E-state index contributed by atoms with van der Waals surface area (Å²) in [5.74, 6) is 0.600. The van der Waals surface area contributed by atoms with E-state index in [4.69, 9.17) is 4.74 Å². The molecule has 1 amide bonds. The lowest BCUT2D eigenvalue weighted by atomic mass is 9.86. The second kappa shape index (κ2) is 8.49. The Kier molecular flexibility index (Phi) is 6.19. The zero-order valence-electron chi connectivity index (χ0n) is 18.6. The van der Waals surface area contributed by atoms with Crippen molar-refractivity contribution in [2.75, 3.05) is 6.61 Å². The van der Waals surface area contributed by atoms with Crippen LogP contribution in [0.5, 0.6) is 0 Å². The van der Waals surface area contributed by atoms with Gasteiger partial charge in [0.15, 0.2) is 5.82 Å². The molecule has 1 aromatic rings. The Morgan fingerprint density at radius 3 is 2.66 bits per heavy atom. The van der Waals surface area contributed by atoms with E-state index in [0.29, 0.717) is 18.2 Å². The van der Waals surface area contributed by atoms with Crippen LogP contribution in [0.1, 0.15) is 58.7 Å². The number of carboxylic acid groups (broad SMARTS) is 1. The minimum Gasteiger partial charge on any atom is -0.465 e. The van der Waals surface area contributed by atoms with Gasteiger partial charge in [-0.05, 0) is 58.8 Å². The minimum atomic E-state index is -3.54. The van der Waals surface area contributed by atoms with Gasteiger partial charge in [-0.15, -0.1) is 0 Å². The first kappa shape index (κ1) is 23.3. The van der Waals surface area contributed by atoms with Gasteiger partial charge < -0.3 is 9.84 Å². The lowest BCUT2D eigenvalue weighted by Crippen LogP contribution is -2.51. The molecule has 2 saturated carbocycles. The molecule has 0 bridgehead atoms. The maximum absolute atomic E-state index is 13.2. The Hall–Kier alpha value is -1.85. The number of nitrogens with zero attached hydrogens (tertiary/aromatic N) is 3. The fraction of sp³-hybridized carbons (Fsp3) is 0.762. The summed E-state index contributed by atoms with van der Waals surface area (Å²) in [6.45, 7) is 5.11. The van der Waals surface area contributed by atoms with Crippen molar-refractivity contribution in [1.29, 1.82) is 0 Å². The molecule has 0 spiro atoms. The molecule has 2 N–H and O–H groups in total. The van der Waals surface area contributed by atoms with Gasteiger partial charge in [0.05, 0.1) is 36.4 Å². The highest BCUT2D eigenvalue weighted by atomic mass is 32.2. The van der Waals surface area contributed by atoms with Crippen molar-refractivity contribution in [3.05, 3.63) is 24.0 Å². The highest BCUT2D eigenvalue weighted by Gasteiger charge is 2.60. The van der Waals surface area contributed by atoms with E-state index < -0.39 is 39.3 Å². The van der Waals surface area contributed by atoms with Gasteiger partial charge in [-0.25, -0.2) is 32.3 Å². The van der Waals surface area contributed by atoms with Crippen LogP contribution in [-0.2, 0) is 20.2 Å². The number of aromatic nitrogens is 2. The second-order valence-corrected chi connectivity index (χ2v) is 11.9. The van der Waals surface area contributed by atoms with Crippen molar-refractivity contribution < 1.29 is 27.4 Å². The molecule has 3 fully saturated rings. The summed E-state index contributed by atoms with van der Waals surface area (Å²) < 4.78 is 46.8. The Balaban J connectivity index is 1.39. The van der Waals surface area contributed by atoms with Gasteiger partial charge in [0.2, 0.25) is 10.0 Å². The van der Waals surface area contributed by atoms with Crippen molar-refractivity contribution >= 4 is 16.1 Å². The van der Waals surface area contributed by atoms with Gasteiger partial charge in [0.25, 0.3) is 0 Å². The third-order valence-electron chi connectivity index (χ3n) is 7.31. The summed E-state index contributed by atoms with van der Waals surface area (Å²) in [6, 6.07) is -1.41. The monoisotopic (exact) mass is 470 g/mol. The fourth-order valence-corrected chi connectivity index (χ4v) is 6.30. The highest BCUT2D eigenvalue weighted by molar-refractivity contribution is 7.90. The summed E-state index contributed by atoms with van der Waals surface area (Å²) in [5, 5.41) is 9.09. The van der Waals surface area contributed by atoms with Crippen LogP contribution >= 0.6 is 0 Å². The molecule has 1 saturated heterocycles. The average Bonchev–Trinajstić information content (AvgIpc) is 3.37. The molecule has 3 aliphatic rings. The third kappa shape index (κ3) is 4.34. The van der Waals surface area contributed by atoms with E-state index in [1.54, 1.807) is 20.8 Å². The number of ether oxygens (including phenoxy) is 1. The predicted octanol–water partition coefficient (Wildman–Crippen LogP) is 2.28. The van der Waals surface area contributed by atoms with E-state index in [0.717, 1.165) is 25.7 Å². The number of fused-ring (bicyclic) bond motifs is 1. The van der Waals surface area contributed by atoms with Gasteiger partial charge in [-0.2, -0.15) is 0 Å². The Bertz CT molecular complexity index is 959. The van der Waals surface area contributed by atoms with Crippen LogP contribution in [0.25, 0.3) is 0 Å². The molecule has 1 aliphatic heterocycles. The number of halogens is 1. The van der Waals surface area contributed by atoms with E-state index in [2.05, 4.69) is 14.7 Å². The van der Waals surface area contributed by atoms with Gasteiger partial charge in [0, 0.05) is 17.5 Å². The molecule has 4 rings (SSSR count). The van der Waals surface area contributed by atoms with Crippen LogP contribution in [0.4, 0.5) is 9.18 Å². The molecule has 2 heterocycles. The summed E-state index contributed by atoms with van der Waals surface area (Å²) in [5.41, 5.74) is -0.0992. The van der Waals surface area contributed by atoms with Crippen LogP contribution in [0, 0.1) is 11.7 Å². The third-order valence-corrected chi connectivity index (χ3v) is 9.18. The Morgan fingerprint density at radius 2 is 2.06 bits per heavy atom. The van der Waals surface area contributed by atoms with Gasteiger partial charge >= 0.3 is 6.09 Å². The minimum absolute atomic E-state index is 0.0371.